The fourth-order valence-electron chi connectivity index (χ4n) is 3.47. The molecule has 8 heteroatoms. The number of anilines is 1. The largest absolute Gasteiger partial charge is 0.495 e. The number of aryl methyl sites for hydroxylation is 1. The minimum Gasteiger partial charge on any atom is -0.495 e. The lowest BCUT2D eigenvalue weighted by atomic mass is 10.1. The molecule has 0 heterocycles. The highest BCUT2D eigenvalue weighted by Crippen LogP contribution is 2.29. The van der Waals surface area contributed by atoms with E-state index in [0.717, 1.165) is 29.1 Å². The number of amides is 1. The van der Waals surface area contributed by atoms with E-state index in [2.05, 4.69) is 12.2 Å². The van der Waals surface area contributed by atoms with E-state index in [9.17, 15) is 13.2 Å². The summed E-state index contributed by atoms with van der Waals surface area (Å²) in [4.78, 5) is 12.8. The van der Waals surface area contributed by atoms with Crippen molar-refractivity contribution in [3.05, 3.63) is 88.9 Å². The van der Waals surface area contributed by atoms with Crippen molar-refractivity contribution in [3.8, 4) is 5.75 Å². The molecular formula is C26H29ClN2O4S. The highest BCUT2D eigenvalue weighted by molar-refractivity contribution is 7.89. The second kappa shape index (κ2) is 12.0. The van der Waals surface area contributed by atoms with Crippen LogP contribution in [0.5, 0.6) is 5.75 Å². The van der Waals surface area contributed by atoms with Gasteiger partial charge in [0.1, 0.15) is 5.75 Å². The molecule has 0 bridgehead atoms. The van der Waals surface area contributed by atoms with Crippen molar-refractivity contribution in [1.82, 2.24) is 4.31 Å². The SMILES string of the molecule is CCCCc1ccc(NC(=O)CN(Cc2ccccc2)S(=O)(=O)c2ccc(OC)c(Cl)c2)cc1. The van der Waals surface area contributed by atoms with Crippen LogP contribution in [0, 0.1) is 0 Å². The van der Waals surface area contributed by atoms with E-state index in [1.165, 1.54) is 30.9 Å². The molecule has 0 aliphatic rings. The number of nitrogens with one attached hydrogen (secondary N) is 1. The molecule has 0 spiro atoms. The second-order valence-corrected chi connectivity index (χ2v) is 10.2. The fourth-order valence-corrected chi connectivity index (χ4v) is 5.20. The minimum absolute atomic E-state index is 0.0118. The van der Waals surface area contributed by atoms with Gasteiger partial charge in [0.15, 0.2) is 0 Å². The van der Waals surface area contributed by atoms with Gasteiger partial charge < -0.3 is 10.1 Å². The van der Waals surface area contributed by atoms with Gasteiger partial charge >= 0.3 is 0 Å². The maximum absolute atomic E-state index is 13.5. The van der Waals surface area contributed by atoms with Crippen molar-refractivity contribution in [3.63, 3.8) is 0 Å². The lowest BCUT2D eigenvalue weighted by molar-refractivity contribution is -0.116. The smallest absolute Gasteiger partial charge is 0.243 e. The van der Waals surface area contributed by atoms with E-state index in [1.807, 2.05) is 54.6 Å². The molecule has 0 aliphatic carbocycles. The Hall–Kier alpha value is -2.87. The zero-order chi connectivity index (χ0) is 24.6. The predicted molar refractivity (Wildman–Crippen MR) is 136 cm³/mol. The Balaban J connectivity index is 1.81. The molecule has 3 aromatic rings. The molecule has 0 aliphatic heterocycles. The lowest BCUT2D eigenvalue weighted by Crippen LogP contribution is -2.37. The van der Waals surface area contributed by atoms with E-state index in [0.29, 0.717) is 11.4 Å². The van der Waals surface area contributed by atoms with Crippen LogP contribution in [0.2, 0.25) is 5.02 Å². The third-order valence-electron chi connectivity index (χ3n) is 5.34. The Kier molecular flexibility index (Phi) is 9.10. The Morgan fingerprint density at radius 2 is 1.71 bits per heavy atom. The van der Waals surface area contributed by atoms with Crippen LogP contribution >= 0.6 is 11.6 Å². The van der Waals surface area contributed by atoms with Crippen molar-refractivity contribution in [1.29, 1.82) is 0 Å². The van der Waals surface area contributed by atoms with Gasteiger partial charge in [-0.05, 0) is 54.3 Å². The molecule has 0 saturated carbocycles. The molecule has 0 radical (unpaired) electrons. The zero-order valence-electron chi connectivity index (χ0n) is 19.3. The van der Waals surface area contributed by atoms with Gasteiger partial charge in [0, 0.05) is 12.2 Å². The van der Waals surface area contributed by atoms with Gasteiger partial charge in [0.25, 0.3) is 0 Å². The third kappa shape index (κ3) is 6.82. The Morgan fingerprint density at radius 3 is 2.32 bits per heavy atom. The number of benzene rings is 3. The van der Waals surface area contributed by atoms with Crippen LogP contribution in [0.15, 0.2) is 77.7 Å². The number of nitrogens with zero attached hydrogens (tertiary/aromatic N) is 1. The number of ether oxygens (including phenoxy) is 1. The summed E-state index contributed by atoms with van der Waals surface area (Å²) in [6.45, 7) is 1.83. The van der Waals surface area contributed by atoms with Gasteiger partial charge in [0.05, 0.1) is 23.6 Å². The molecule has 1 amide bonds. The van der Waals surface area contributed by atoms with E-state index >= 15 is 0 Å². The maximum Gasteiger partial charge on any atom is 0.243 e. The molecule has 0 atom stereocenters. The molecule has 1 N–H and O–H groups in total. The van der Waals surface area contributed by atoms with E-state index in [-0.39, 0.29) is 23.0 Å². The van der Waals surface area contributed by atoms with Crippen LogP contribution < -0.4 is 10.1 Å². The van der Waals surface area contributed by atoms with Gasteiger partial charge in [0.2, 0.25) is 15.9 Å². The number of methoxy groups -OCH3 is 1. The number of hydrogen-bond acceptors (Lipinski definition) is 4. The summed E-state index contributed by atoms with van der Waals surface area (Å²) < 4.78 is 33.2. The molecule has 180 valence electrons. The summed E-state index contributed by atoms with van der Waals surface area (Å²) in [6, 6.07) is 21.0. The fraction of sp³-hybridized carbons (Fsp3) is 0.269. The summed E-state index contributed by atoms with van der Waals surface area (Å²) in [7, 11) is -2.56. The Morgan fingerprint density at radius 1 is 1.00 bits per heavy atom. The van der Waals surface area contributed by atoms with Crippen LogP contribution in [0.25, 0.3) is 0 Å². The van der Waals surface area contributed by atoms with E-state index in [1.54, 1.807) is 0 Å². The highest BCUT2D eigenvalue weighted by Gasteiger charge is 2.28. The topological polar surface area (TPSA) is 75.7 Å². The first-order valence-electron chi connectivity index (χ1n) is 11.1. The van der Waals surface area contributed by atoms with Gasteiger partial charge in [-0.15, -0.1) is 0 Å². The normalized spacial score (nSPS) is 11.4. The molecule has 0 fully saturated rings. The summed E-state index contributed by atoms with van der Waals surface area (Å²) >= 11 is 6.17. The first kappa shape index (κ1) is 25.7. The van der Waals surface area contributed by atoms with Gasteiger partial charge in [-0.3, -0.25) is 4.79 Å². The van der Waals surface area contributed by atoms with E-state index in [4.69, 9.17) is 16.3 Å². The van der Waals surface area contributed by atoms with Crippen LogP contribution in [-0.4, -0.2) is 32.3 Å². The van der Waals surface area contributed by atoms with Crippen LogP contribution in [0.1, 0.15) is 30.9 Å². The zero-order valence-corrected chi connectivity index (χ0v) is 20.9. The highest BCUT2D eigenvalue weighted by atomic mass is 35.5. The second-order valence-electron chi connectivity index (χ2n) is 7.90. The molecule has 3 aromatic carbocycles. The van der Waals surface area contributed by atoms with Crippen molar-refractivity contribution >= 4 is 33.2 Å². The van der Waals surface area contributed by atoms with Crippen molar-refractivity contribution in [2.75, 3.05) is 19.0 Å². The van der Waals surface area contributed by atoms with Crippen molar-refractivity contribution in [2.24, 2.45) is 0 Å². The summed E-state index contributed by atoms with van der Waals surface area (Å²) in [5.74, 6) is -0.0595. The summed E-state index contributed by atoms with van der Waals surface area (Å²) in [6.07, 6.45) is 3.20. The molecule has 0 saturated heterocycles. The molecule has 0 aromatic heterocycles. The number of halogens is 1. The average Bonchev–Trinajstić information content (AvgIpc) is 2.83. The standard InChI is InChI=1S/C26H29ClN2O4S/c1-3-4-8-20-11-13-22(14-12-20)28-26(30)19-29(18-21-9-6-5-7-10-21)34(31,32)23-15-16-25(33-2)24(27)17-23/h5-7,9-17H,3-4,8,18-19H2,1-2H3,(H,28,30). The molecular weight excluding hydrogens is 472 g/mol. The molecule has 3 rings (SSSR count). The number of unbranched alkanes of at least 4 members (excludes halogenated alkanes) is 1. The van der Waals surface area contributed by atoms with Crippen LogP contribution in [0.4, 0.5) is 5.69 Å². The van der Waals surface area contributed by atoms with Gasteiger partial charge in [-0.2, -0.15) is 4.31 Å². The van der Waals surface area contributed by atoms with Crippen LogP contribution in [0.3, 0.4) is 0 Å². The average molecular weight is 501 g/mol. The Labute approximate surface area is 206 Å². The van der Waals surface area contributed by atoms with Crippen LogP contribution in [-0.2, 0) is 27.8 Å². The number of hydrogen-bond donors (Lipinski definition) is 1. The summed E-state index contributed by atoms with van der Waals surface area (Å²) in [5, 5.41) is 2.98. The van der Waals surface area contributed by atoms with Gasteiger partial charge in [-0.25, -0.2) is 8.42 Å². The minimum atomic E-state index is -4.02. The van der Waals surface area contributed by atoms with Crippen molar-refractivity contribution in [2.45, 2.75) is 37.6 Å². The summed E-state index contributed by atoms with van der Waals surface area (Å²) in [5.41, 5.74) is 2.58. The first-order valence-corrected chi connectivity index (χ1v) is 12.9. The van der Waals surface area contributed by atoms with Gasteiger partial charge in [-0.1, -0.05) is 67.4 Å². The quantitative estimate of drug-likeness (QED) is 0.376. The first-order chi connectivity index (χ1) is 16.3. The number of rotatable bonds is 11. The maximum atomic E-state index is 13.5. The molecule has 6 nitrogen and oxygen atoms in total. The number of carbonyl (C=O) groups excluding carboxylic acids is 1. The van der Waals surface area contributed by atoms with E-state index < -0.39 is 15.9 Å². The monoisotopic (exact) mass is 500 g/mol. The Bertz CT molecular complexity index is 1200. The number of carbonyl (C=O) groups is 1. The third-order valence-corrected chi connectivity index (χ3v) is 7.42. The molecule has 0 unspecified atom stereocenters. The predicted octanol–water partition coefficient (Wildman–Crippen LogP) is 5.52. The molecule has 34 heavy (non-hydrogen) atoms. The lowest BCUT2D eigenvalue weighted by Gasteiger charge is -2.22. The van der Waals surface area contributed by atoms with Crippen molar-refractivity contribution < 1.29 is 17.9 Å². The number of sulfonamides is 1.